The second-order valence-electron chi connectivity index (χ2n) is 6.22. The molecule has 0 saturated carbocycles. The van der Waals surface area contributed by atoms with Gasteiger partial charge >= 0.3 is 0 Å². The SMILES string of the molecule is NCCC(=O)Nc1cccc(Nc2ncc(Cl)c(Nc3ccccc3C(N)=O)n2)c1. The minimum Gasteiger partial charge on any atom is -0.366 e. The quantitative estimate of drug-likeness (QED) is 0.372. The van der Waals surface area contributed by atoms with Crippen LogP contribution in [0, 0.1) is 0 Å². The van der Waals surface area contributed by atoms with E-state index in [1.807, 2.05) is 0 Å². The second kappa shape index (κ2) is 9.68. The Labute approximate surface area is 177 Å². The Balaban J connectivity index is 1.79. The van der Waals surface area contributed by atoms with E-state index in [1.54, 1.807) is 48.5 Å². The predicted molar refractivity (Wildman–Crippen MR) is 117 cm³/mol. The van der Waals surface area contributed by atoms with E-state index in [4.69, 9.17) is 23.1 Å². The normalized spacial score (nSPS) is 10.3. The fourth-order valence-electron chi connectivity index (χ4n) is 2.61. The third-order valence-corrected chi connectivity index (χ3v) is 4.24. The molecular formula is C20H20ClN7O2. The predicted octanol–water partition coefficient (Wildman–Crippen LogP) is 3.00. The molecule has 0 bridgehead atoms. The Hall–Kier alpha value is -3.69. The Morgan fingerprint density at radius 1 is 1.03 bits per heavy atom. The number of rotatable bonds is 8. The van der Waals surface area contributed by atoms with Crippen LogP contribution in [0.5, 0.6) is 0 Å². The summed E-state index contributed by atoms with van der Waals surface area (Å²) in [4.78, 5) is 31.9. The number of nitrogens with two attached hydrogens (primary N) is 2. The van der Waals surface area contributed by atoms with Crippen LogP contribution in [-0.2, 0) is 4.79 Å². The van der Waals surface area contributed by atoms with Crippen molar-refractivity contribution in [1.82, 2.24) is 9.97 Å². The number of hydrogen-bond acceptors (Lipinski definition) is 7. The van der Waals surface area contributed by atoms with Gasteiger partial charge in [-0.05, 0) is 30.3 Å². The van der Waals surface area contributed by atoms with Crippen LogP contribution in [0.1, 0.15) is 16.8 Å². The molecule has 0 fully saturated rings. The fourth-order valence-corrected chi connectivity index (χ4v) is 2.75. The molecule has 0 aliphatic carbocycles. The smallest absolute Gasteiger partial charge is 0.250 e. The standard InChI is InChI=1S/C20H20ClN7O2/c21-15-11-24-20(26-13-5-3-4-12(10-13)25-17(29)8-9-22)28-19(15)27-16-7-2-1-6-14(16)18(23)30/h1-7,10-11H,8-9,22H2,(H2,23,30)(H,25,29)(H2,24,26,27,28). The lowest BCUT2D eigenvalue weighted by Gasteiger charge is -2.12. The number of aromatic nitrogens is 2. The van der Waals surface area contributed by atoms with Crippen LogP contribution in [0.2, 0.25) is 5.02 Å². The van der Waals surface area contributed by atoms with Gasteiger partial charge in [0.15, 0.2) is 5.82 Å². The van der Waals surface area contributed by atoms with Crippen LogP contribution >= 0.6 is 11.6 Å². The summed E-state index contributed by atoms with van der Waals surface area (Å²) in [7, 11) is 0. The third kappa shape index (κ3) is 5.43. The number of carbonyl (C=O) groups is 2. The molecule has 0 saturated heterocycles. The first-order chi connectivity index (χ1) is 14.5. The lowest BCUT2D eigenvalue weighted by Crippen LogP contribution is -2.16. The number of hydrogen-bond donors (Lipinski definition) is 5. The van der Waals surface area contributed by atoms with Crippen LogP contribution in [-0.4, -0.2) is 28.3 Å². The summed E-state index contributed by atoms with van der Waals surface area (Å²) in [5, 5.41) is 9.09. The molecule has 2 amide bonds. The highest BCUT2D eigenvalue weighted by Gasteiger charge is 2.12. The van der Waals surface area contributed by atoms with Crippen molar-refractivity contribution in [2.75, 3.05) is 22.5 Å². The summed E-state index contributed by atoms with van der Waals surface area (Å²) in [6.45, 7) is 0.275. The van der Waals surface area contributed by atoms with Crippen molar-refractivity contribution >= 4 is 52.2 Å². The Morgan fingerprint density at radius 2 is 1.80 bits per heavy atom. The summed E-state index contributed by atoms with van der Waals surface area (Å²) in [6, 6.07) is 13.8. The van der Waals surface area contributed by atoms with Gasteiger partial charge in [0.25, 0.3) is 5.91 Å². The van der Waals surface area contributed by atoms with Crippen LogP contribution < -0.4 is 27.4 Å². The van der Waals surface area contributed by atoms with Crippen molar-refractivity contribution in [2.24, 2.45) is 11.5 Å². The van der Waals surface area contributed by atoms with E-state index in [2.05, 4.69) is 25.9 Å². The van der Waals surface area contributed by atoms with Crippen molar-refractivity contribution in [1.29, 1.82) is 0 Å². The average molecular weight is 426 g/mol. The van der Waals surface area contributed by atoms with Gasteiger partial charge < -0.3 is 27.4 Å². The minimum atomic E-state index is -0.574. The number of anilines is 5. The number of halogens is 1. The maximum Gasteiger partial charge on any atom is 0.250 e. The second-order valence-corrected chi connectivity index (χ2v) is 6.62. The Morgan fingerprint density at radius 3 is 2.57 bits per heavy atom. The molecule has 0 radical (unpaired) electrons. The highest BCUT2D eigenvalue weighted by molar-refractivity contribution is 6.33. The zero-order valence-electron chi connectivity index (χ0n) is 15.9. The lowest BCUT2D eigenvalue weighted by molar-refractivity contribution is -0.116. The van der Waals surface area contributed by atoms with E-state index in [0.29, 0.717) is 28.4 Å². The average Bonchev–Trinajstić information content (AvgIpc) is 2.71. The molecule has 3 aromatic rings. The largest absolute Gasteiger partial charge is 0.366 e. The maximum atomic E-state index is 11.7. The number of primary amides is 1. The van der Waals surface area contributed by atoms with Crippen molar-refractivity contribution < 1.29 is 9.59 Å². The molecule has 1 aromatic heterocycles. The first kappa shape index (κ1) is 21.0. The number of amides is 2. The zero-order valence-corrected chi connectivity index (χ0v) is 16.6. The molecule has 10 heteroatoms. The molecule has 3 rings (SSSR count). The van der Waals surface area contributed by atoms with Crippen molar-refractivity contribution in [2.45, 2.75) is 6.42 Å². The molecule has 0 aliphatic rings. The van der Waals surface area contributed by atoms with Gasteiger partial charge in [0.1, 0.15) is 5.02 Å². The number of para-hydroxylation sites is 1. The topological polar surface area (TPSA) is 148 Å². The van der Waals surface area contributed by atoms with E-state index in [0.717, 1.165) is 0 Å². The van der Waals surface area contributed by atoms with Gasteiger partial charge in [0.2, 0.25) is 11.9 Å². The number of nitrogens with one attached hydrogen (secondary N) is 3. The molecule has 30 heavy (non-hydrogen) atoms. The van der Waals surface area contributed by atoms with E-state index < -0.39 is 5.91 Å². The van der Waals surface area contributed by atoms with Crippen LogP contribution in [0.25, 0.3) is 0 Å². The summed E-state index contributed by atoms with van der Waals surface area (Å²) in [5.74, 6) is -0.175. The summed E-state index contributed by atoms with van der Waals surface area (Å²) >= 11 is 6.20. The van der Waals surface area contributed by atoms with E-state index in [-0.39, 0.29) is 29.8 Å². The number of carbonyl (C=O) groups excluding carboxylic acids is 2. The molecule has 0 aliphatic heterocycles. The zero-order chi connectivity index (χ0) is 21.5. The van der Waals surface area contributed by atoms with Gasteiger partial charge in [0.05, 0.1) is 17.4 Å². The first-order valence-corrected chi connectivity index (χ1v) is 9.39. The van der Waals surface area contributed by atoms with Crippen LogP contribution in [0.15, 0.2) is 54.7 Å². The van der Waals surface area contributed by atoms with Gasteiger partial charge in [-0.2, -0.15) is 4.98 Å². The van der Waals surface area contributed by atoms with E-state index in [1.165, 1.54) is 6.20 Å². The highest BCUT2D eigenvalue weighted by atomic mass is 35.5. The molecule has 7 N–H and O–H groups in total. The van der Waals surface area contributed by atoms with Gasteiger partial charge in [-0.15, -0.1) is 0 Å². The maximum absolute atomic E-state index is 11.7. The van der Waals surface area contributed by atoms with Gasteiger partial charge in [-0.3, -0.25) is 9.59 Å². The minimum absolute atomic E-state index is 0.169. The summed E-state index contributed by atoms with van der Waals surface area (Å²) in [5.41, 5.74) is 12.9. The summed E-state index contributed by atoms with van der Waals surface area (Å²) < 4.78 is 0. The molecular weight excluding hydrogens is 406 g/mol. The van der Waals surface area contributed by atoms with Crippen molar-refractivity contribution in [3.63, 3.8) is 0 Å². The Kier molecular flexibility index (Phi) is 6.79. The highest BCUT2D eigenvalue weighted by Crippen LogP contribution is 2.27. The van der Waals surface area contributed by atoms with E-state index in [9.17, 15) is 9.59 Å². The first-order valence-electron chi connectivity index (χ1n) is 9.01. The fraction of sp³-hybridized carbons (Fsp3) is 0.100. The molecule has 0 unspecified atom stereocenters. The van der Waals surface area contributed by atoms with Gasteiger partial charge in [-0.1, -0.05) is 29.8 Å². The third-order valence-electron chi connectivity index (χ3n) is 3.96. The van der Waals surface area contributed by atoms with E-state index >= 15 is 0 Å². The molecule has 2 aromatic carbocycles. The van der Waals surface area contributed by atoms with Crippen LogP contribution in [0.4, 0.5) is 28.8 Å². The molecule has 0 spiro atoms. The summed E-state index contributed by atoms with van der Waals surface area (Å²) in [6.07, 6.45) is 1.67. The molecule has 1 heterocycles. The van der Waals surface area contributed by atoms with Crippen molar-refractivity contribution in [3.05, 3.63) is 65.3 Å². The lowest BCUT2D eigenvalue weighted by atomic mass is 10.1. The number of benzene rings is 2. The Bertz CT molecular complexity index is 1070. The number of nitrogens with zero attached hydrogens (tertiary/aromatic N) is 2. The van der Waals surface area contributed by atoms with Crippen molar-refractivity contribution in [3.8, 4) is 0 Å². The molecule has 154 valence electrons. The molecule has 0 atom stereocenters. The molecule has 9 nitrogen and oxygen atoms in total. The van der Waals surface area contributed by atoms with Gasteiger partial charge in [0, 0.05) is 24.3 Å². The monoisotopic (exact) mass is 425 g/mol. The van der Waals surface area contributed by atoms with Gasteiger partial charge in [-0.25, -0.2) is 4.98 Å². The van der Waals surface area contributed by atoms with Crippen LogP contribution in [0.3, 0.4) is 0 Å².